The number of primary sulfonamides is 1. The van der Waals surface area contributed by atoms with Gasteiger partial charge in [0.1, 0.15) is 12.4 Å². The summed E-state index contributed by atoms with van der Waals surface area (Å²) in [4.78, 5) is 0.135. The zero-order chi connectivity index (χ0) is 12.3. The van der Waals surface area contributed by atoms with Gasteiger partial charge in [0.05, 0.1) is 4.90 Å². The van der Waals surface area contributed by atoms with E-state index >= 15 is 0 Å². The van der Waals surface area contributed by atoms with Crippen molar-refractivity contribution < 1.29 is 13.2 Å². The first-order chi connectivity index (χ1) is 7.36. The van der Waals surface area contributed by atoms with Crippen molar-refractivity contribution in [3.63, 3.8) is 0 Å². The monoisotopic (exact) mass is 241 g/mol. The SMILES string of the molecule is C=CCOc1cc(C)c(S(N)(=O)=O)cc1C. The van der Waals surface area contributed by atoms with Crippen LogP contribution in [-0.4, -0.2) is 15.0 Å². The van der Waals surface area contributed by atoms with Gasteiger partial charge in [0.25, 0.3) is 0 Å². The van der Waals surface area contributed by atoms with Crippen LogP contribution in [0.3, 0.4) is 0 Å². The number of hydrogen-bond donors (Lipinski definition) is 1. The summed E-state index contributed by atoms with van der Waals surface area (Å²) in [7, 11) is -3.67. The van der Waals surface area contributed by atoms with Crippen LogP contribution in [0, 0.1) is 13.8 Å². The third-order valence-electron chi connectivity index (χ3n) is 2.14. The second-order valence-corrected chi connectivity index (χ2v) is 5.06. The Kier molecular flexibility index (Phi) is 3.72. The fourth-order valence-corrected chi connectivity index (χ4v) is 2.22. The fourth-order valence-electron chi connectivity index (χ4n) is 1.37. The van der Waals surface area contributed by atoms with Crippen LogP contribution in [0.1, 0.15) is 11.1 Å². The second kappa shape index (κ2) is 4.67. The van der Waals surface area contributed by atoms with Crippen molar-refractivity contribution in [2.75, 3.05) is 6.61 Å². The molecular weight excluding hydrogens is 226 g/mol. The third kappa shape index (κ3) is 2.84. The maximum absolute atomic E-state index is 11.3. The first-order valence-corrected chi connectivity index (χ1v) is 6.28. The molecule has 0 bridgehead atoms. The van der Waals surface area contributed by atoms with Gasteiger partial charge in [-0.3, -0.25) is 0 Å². The van der Waals surface area contributed by atoms with Crippen LogP contribution in [0.4, 0.5) is 0 Å². The van der Waals surface area contributed by atoms with Crippen LogP contribution >= 0.6 is 0 Å². The molecule has 0 heterocycles. The van der Waals surface area contributed by atoms with E-state index in [-0.39, 0.29) is 4.90 Å². The second-order valence-electron chi connectivity index (χ2n) is 3.53. The van der Waals surface area contributed by atoms with Crippen LogP contribution in [0.2, 0.25) is 0 Å². The van der Waals surface area contributed by atoms with Crippen molar-refractivity contribution >= 4 is 10.0 Å². The first kappa shape index (κ1) is 12.7. The van der Waals surface area contributed by atoms with Crippen molar-refractivity contribution in [3.8, 4) is 5.75 Å². The van der Waals surface area contributed by atoms with Crippen molar-refractivity contribution in [2.24, 2.45) is 5.14 Å². The van der Waals surface area contributed by atoms with Gasteiger partial charge >= 0.3 is 0 Å². The van der Waals surface area contributed by atoms with Crippen molar-refractivity contribution in [1.29, 1.82) is 0 Å². The lowest BCUT2D eigenvalue weighted by molar-refractivity contribution is 0.360. The molecule has 0 aliphatic heterocycles. The lowest BCUT2D eigenvalue weighted by Crippen LogP contribution is -2.14. The maximum atomic E-state index is 11.3. The molecule has 0 radical (unpaired) electrons. The number of aryl methyl sites for hydroxylation is 2. The van der Waals surface area contributed by atoms with E-state index in [1.807, 2.05) is 0 Å². The Morgan fingerprint density at radius 2 is 2.00 bits per heavy atom. The molecule has 1 aromatic carbocycles. The summed E-state index contributed by atoms with van der Waals surface area (Å²) in [6.45, 7) is 7.38. The smallest absolute Gasteiger partial charge is 0.238 e. The van der Waals surface area contributed by atoms with Gasteiger partial charge in [-0.25, -0.2) is 13.6 Å². The lowest BCUT2D eigenvalue weighted by Gasteiger charge is -2.11. The molecule has 0 aromatic heterocycles. The minimum atomic E-state index is -3.67. The van der Waals surface area contributed by atoms with Gasteiger partial charge in [-0.15, -0.1) is 0 Å². The molecule has 0 aliphatic carbocycles. The zero-order valence-electron chi connectivity index (χ0n) is 9.36. The molecule has 88 valence electrons. The number of rotatable bonds is 4. The summed E-state index contributed by atoms with van der Waals surface area (Å²) < 4.78 is 27.9. The number of sulfonamides is 1. The summed E-state index contributed by atoms with van der Waals surface area (Å²) in [5.41, 5.74) is 1.31. The molecule has 16 heavy (non-hydrogen) atoms. The number of ether oxygens (including phenoxy) is 1. The maximum Gasteiger partial charge on any atom is 0.238 e. The largest absolute Gasteiger partial charge is 0.489 e. The Labute approximate surface area is 95.8 Å². The standard InChI is InChI=1S/C11H15NO3S/c1-4-5-15-10-6-9(3)11(7-8(10)2)16(12,13)14/h4,6-7H,1,5H2,2-3H3,(H2,12,13,14). The van der Waals surface area contributed by atoms with Gasteiger partial charge < -0.3 is 4.74 Å². The lowest BCUT2D eigenvalue weighted by atomic mass is 10.1. The predicted molar refractivity (Wildman–Crippen MR) is 63.0 cm³/mol. The van der Waals surface area contributed by atoms with E-state index in [1.165, 1.54) is 6.07 Å². The minimum absolute atomic E-state index is 0.135. The van der Waals surface area contributed by atoms with Crippen LogP contribution < -0.4 is 9.88 Å². The van der Waals surface area contributed by atoms with Crippen molar-refractivity contribution in [3.05, 3.63) is 35.9 Å². The Morgan fingerprint density at radius 3 is 2.50 bits per heavy atom. The topological polar surface area (TPSA) is 69.4 Å². The molecule has 0 aliphatic rings. The van der Waals surface area contributed by atoms with Gasteiger partial charge in [0.2, 0.25) is 10.0 Å². The van der Waals surface area contributed by atoms with E-state index in [2.05, 4.69) is 6.58 Å². The summed E-state index contributed by atoms with van der Waals surface area (Å²) >= 11 is 0. The molecule has 0 unspecified atom stereocenters. The fraction of sp³-hybridized carbons (Fsp3) is 0.273. The third-order valence-corrected chi connectivity index (χ3v) is 3.19. The first-order valence-electron chi connectivity index (χ1n) is 4.74. The summed E-state index contributed by atoms with van der Waals surface area (Å²) in [6, 6.07) is 3.18. The van der Waals surface area contributed by atoms with Crippen LogP contribution in [0.25, 0.3) is 0 Å². The molecule has 0 fully saturated rings. The van der Waals surface area contributed by atoms with Crippen molar-refractivity contribution in [1.82, 2.24) is 0 Å². The highest BCUT2D eigenvalue weighted by atomic mass is 32.2. The van der Waals surface area contributed by atoms with Gasteiger partial charge in [0.15, 0.2) is 0 Å². The van der Waals surface area contributed by atoms with E-state index in [4.69, 9.17) is 9.88 Å². The van der Waals surface area contributed by atoms with Gasteiger partial charge in [0, 0.05) is 0 Å². The quantitative estimate of drug-likeness (QED) is 0.812. The van der Waals surface area contributed by atoms with E-state index in [1.54, 1.807) is 26.0 Å². The molecule has 1 rings (SSSR count). The molecular formula is C11H15NO3S. The molecule has 1 aromatic rings. The van der Waals surface area contributed by atoms with Crippen LogP contribution in [-0.2, 0) is 10.0 Å². The van der Waals surface area contributed by atoms with Gasteiger partial charge in [-0.2, -0.15) is 0 Å². The highest BCUT2D eigenvalue weighted by Crippen LogP contribution is 2.25. The van der Waals surface area contributed by atoms with E-state index in [9.17, 15) is 8.42 Å². The highest BCUT2D eigenvalue weighted by Gasteiger charge is 2.14. The molecule has 4 nitrogen and oxygen atoms in total. The summed E-state index contributed by atoms with van der Waals surface area (Å²) in [5, 5.41) is 5.09. The van der Waals surface area contributed by atoms with E-state index in [0.29, 0.717) is 17.9 Å². The molecule has 0 saturated carbocycles. The van der Waals surface area contributed by atoms with Gasteiger partial charge in [-0.05, 0) is 37.1 Å². The molecule has 5 heteroatoms. The highest BCUT2D eigenvalue weighted by molar-refractivity contribution is 7.89. The predicted octanol–water partition coefficient (Wildman–Crippen LogP) is 1.52. The van der Waals surface area contributed by atoms with Crippen LogP contribution in [0.15, 0.2) is 29.7 Å². The molecule has 0 spiro atoms. The number of nitrogens with two attached hydrogens (primary N) is 1. The van der Waals surface area contributed by atoms with Crippen LogP contribution in [0.5, 0.6) is 5.75 Å². The number of hydrogen-bond acceptors (Lipinski definition) is 3. The number of benzene rings is 1. The Hall–Kier alpha value is -1.33. The average Bonchev–Trinajstić information content (AvgIpc) is 2.17. The molecule has 0 amide bonds. The van der Waals surface area contributed by atoms with E-state index in [0.717, 1.165) is 5.56 Å². The Morgan fingerprint density at radius 1 is 1.38 bits per heavy atom. The molecule has 0 atom stereocenters. The summed E-state index contributed by atoms with van der Waals surface area (Å²) in [5.74, 6) is 0.643. The van der Waals surface area contributed by atoms with E-state index < -0.39 is 10.0 Å². The Bertz CT molecular complexity index is 506. The Balaban J connectivity index is 3.22. The normalized spacial score (nSPS) is 11.2. The van der Waals surface area contributed by atoms with Crippen molar-refractivity contribution in [2.45, 2.75) is 18.7 Å². The van der Waals surface area contributed by atoms with Gasteiger partial charge in [-0.1, -0.05) is 12.7 Å². The summed E-state index contributed by atoms with van der Waals surface area (Å²) in [6.07, 6.45) is 1.63. The zero-order valence-corrected chi connectivity index (χ0v) is 10.2. The minimum Gasteiger partial charge on any atom is -0.489 e. The average molecular weight is 241 g/mol. The molecule has 2 N–H and O–H groups in total. The molecule has 0 saturated heterocycles.